The van der Waals surface area contributed by atoms with Crippen molar-refractivity contribution in [2.75, 3.05) is 18.0 Å². The molecule has 0 unspecified atom stereocenters. The molecule has 0 spiro atoms. The lowest BCUT2D eigenvalue weighted by Gasteiger charge is -2.38. The summed E-state index contributed by atoms with van der Waals surface area (Å²) in [7, 11) is 0. The number of anilines is 1. The van der Waals surface area contributed by atoms with Crippen LogP contribution in [0.15, 0.2) is 12.3 Å². The van der Waals surface area contributed by atoms with Crippen LogP contribution in [0.3, 0.4) is 0 Å². The zero-order valence-electron chi connectivity index (χ0n) is 11.0. The Kier molecular flexibility index (Phi) is 3.38. The van der Waals surface area contributed by atoms with Crippen molar-refractivity contribution in [2.24, 2.45) is 5.41 Å². The Labute approximate surface area is 103 Å². The highest BCUT2D eigenvalue weighted by molar-refractivity contribution is 5.47. The molecule has 0 bridgehead atoms. The smallest absolute Gasteiger partial charge is 0.131 e. The van der Waals surface area contributed by atoms with E-state index in [0.717, 1.165) is 30.0 Å². The highest BCUT2D eigenvalue weighted by Crippen LogP contribution is 2.32. The molecule has 1 saturated heterocycles. The number of aryl methyl sites for hydroxylation is 1. The van der Waals surface area contributed by atoms with Gasteiger partial charge in [0.15, 0.2) is 0 Å². The van der Waals surface area contributed by atoms with Gasteiger partial charge in [0.1, 0.15) is 5.82 Å². The molecule has 1 fully saturated rings. The molecule has 1 aliphatic heterocycles. The first-order valence-corrected chi connectivity index (χ1v) is 6.33. The van der Waals surface area contributed by atoms with Gasteiger partial charge in [-0.1, -0.05) is 13.8 Å². The van der Waals surface area contributed by atoms with Gasteiger partial charge in [0.05, 0.1) is 6.61 Å². The molecule has 3 heteroatoms. The summed E-state index contributed by atoms with van der Waals surface area (Å²) in [6.07, 6.45) is 4.22. The highest BCUT2D eigenvalue weighted by Gasteiger charge is 2.26. The van der Waals surface area contributed by atoms with Crippen molar-refractivity contribution < 1.29 is 5.11 Å². The molecular formula is C14H22N2O. The van der Waals surface area contributed by atoms with Gasteiger partial charge in [0.2, 0.25) is 0 Å². The third-order valence-corrected chi connectivity index (χ3v) is 3.71. The largest absolute Gasteiger partial charge is 0.392 e. The summed E-state index contributed by atoms with van der Waals surface area (Å²) >= 11 is 0. The van der Waals surface area contributed by atoms with Gasteiger partial charge in [-0.05, 0) is 42.4 Å². The second-order valence-corrected chi connectivity index (χ2v) is 5.79. The SMILES string of the molecule is Cc1cc(CO)cnc1N1CCC(C)(C)CC1. The summed E-state index contributed by atoms with van der Waals surface area (Å²) in [5.41, 5.74) is 2.52. The van der Waals surface area contributed by atoms with Crippen LogP contribution in [-0.2, 0) is 6.61 Å². The van der Waals surface area contributed by atoms with E-state index in [1.165, 1.54) is 12.8 Å². The maximum atomic E-state index is 9.08. The van der Waals surface area contributed by atoms with Gasteiger partial charge in [-0.3, -0.25) is 0 Å². The Bertz CT molecular complexity index is 391. The first-order valence-electron chi connectivity index (χ1n) is 6.33. The first-order chi connectivity index (χ1) is 8.02. The number of aliphatic hydroxyl groups excluding tert-OH is 1. The lowest BCUT2D eigenvalue weighted by molar-refractivity contribution is 0.278. The van der Waals surface area contributed by atoms with E-state index in [0.29, 0.717) is 5.41 Å². The van der Waals surface area contributed by atoms with Crippen LogP contribution in [-0.4, -0.2) is 23.2 Å². The quantitative estimate of drug-likeness (QED) is 0.854. The molecule has 3 nitrogen and oxygen atoms in total. The molecule has 0 aliphatic carbocycles. The molecular weight excluding hydrogens is 212 g/mol. The summed E-state index contributed by atoms with van der Waals surface area (Å²) in [5.74, 6) is 1.08. The number of pyridine rings is 1. The monoisotopic (exact) mass is 234 g/mol. The normalized spacial score (nSPS) is 19.4. The molecule has 17 heavy (non-hydrogen) atoms. The number of aromatic nitrogens is 1. The number of rotatable bonds is 2. The fraction of sp³-hybridized carbons (Fsp3) is 0.643. The zero-order valence-corrected chi connectivity index (χ0v) is 11.0. The number of hydrogen-bond acceptors (Lipinski definition) is 3. The minimum atomic E-state index is 0.0706. The van der Waals surface area contributed by atoms with Crippen molar-refractivity contribution >= 4 is 5.82 Å². The average Bonchev–Trinajstić information content (AvgIpc) is 2.29. The summed E-state index contributed by atoms with van der Waals surface area (Å²) in [4.78, 5) is 6.85. The first kappa shape index (κ1) is 12.4. The van der Waals surface area contributed by atoms with Crippen LogP contribution in [0.25, 0.3) is 0 Å². The second kappa shape index (κ2) is 4.65. The lowest BCUT2D eigenvalue weighted by Crippen LogP contribution is -2.38. The molecule has 1 aliphatic rings. The van der Waals surface area contributed by atoms with E-state index in [9.17, 15) is 0 Å². The van der Waals surface area contributed by atoms with Gasteiger partial charge in [0, 0.05) is 19.3 Å². The number of aliphatic hydroxyl groups is 1. The van der Waals surface area contributed by atoms with E-state index in [1.54, 1.807) is 6.20 Å². The molecule has 0 amide bonds. The predicted octanol–water partition coefficient (Wildman–Crippen LogP) is 2.51. The molecule has 2 heterocycles. The van der Waals surface area contributed by atoms with Crippen LogP contribution in [0.4, 0.5) is 5.82 Å². The third kappa shape index (κ3) is 2.78. The molecule has 0 saturated carbocycles. The van der Waals surface area contributed by atoms with E-state index in [4.69, 9.17) is 5.11 Å². The molecule has 0 atom stereocenters. The molecule has 0 aromatic carbocycles. The zero-order chi connectivity index (χ0) is 12.5. The number of hydrogen-bond donors (Lipinski definition) is 1. The summed E-state index contributed by atoms with van der Waals surface area (Å²) in [5, 5.41) is 9.08. The molecule has 1 aromatic rings. The van der Waals surface area contributed by atoms with Crippen molar-refractivity contribution in [3.8, 4) is 0 Å². The average molecular weight is 234 g/mol. The Morgan fingerprint density at radius 1 is 1.35 bits per heavy atom. The van der Waals surface area contributed by atoms with E-state index in [1.807, 2.05) is 6.07 Å². The van der Waals surface area contributed by atoms with Crippen molar-refractivity contribution in [1.82, 2.24) is 4.98 Å². The van der Waals surface area contributed by atoms with Gasteiger partial charge < -0.3 is 10.0 Å². The van der Waals surface area contributed by atoms with E-state index < -0.39 is 0 Å². The molecule has 94 valence electrons. The van der Waals surface area contributed by atoms with Crippen LogP contribution in [0.2, 0.25) is 0 Å². The van der Waals surface area contributed by atoms with Crippen molar-refractivity contribution in [2.45, 2.75) is 40.2 Å². The van der Waals surface area contributed by atoms with Crippen molar-refractivity contribution in [1.29, 1.82) is 0 Å². The topological polar surface area (TPSA) is 36.4 Å². The van der Waals surface area contributed by atoms with Crippen LogP contribution in [0.1, 0.15) is 37.8 Å². The van der Waals surface area contributed by atoms with Gasteiger partial charge in [-0.2, -0.15) is 0 Å². The third-order valence-electron chi connectivity index (χ3n) is 3.71. The van der Waals surface area contributed by atoms with Gasteiger partial charge in [-0.25, -0.2) is 4.98 Å². The van der Waals surface area contributed by atoms with E-state index in [-0.39, 0.29) is 6.61 Å². The molecule has 1 aromatic heterocycles. The van der Waals surface area contributed by atoms with Gasteiger partial charge >= 0.3 is 0 Å². The summed E-state index contributed by atoms with van der Waals surface area (Å²) in [6, 6.07) is 2.03. The Hall–Kier alpha value is -1.09. The molecule has 1 N–H and O–H groups in total. The fourth-order valence-electron chi connectivity index (χ4n) is 2.37. The Morgan fingerprint density at radius 3 is 2.53 bits per heavy atom. The highest BCUT2D eigenvalue weighted by atomic mass is 16.3. The maximum Gasteiger partial charge on any atom is 0.131 e. The van der Waals surface area contributed by atoms with Gasteiger partial charge in [0.25, 0.3) is 0 Å². The molecule has 2 rings (SSSR count). The minimum absolute atomic E-state index is 0.0706. The van der Waals surface area contributed by atoms with Crippen molar-refractivity contribution in [3.05, 3.63) is 23.4 Å². The standard InChI is InChI=1S/C14H22N2O/c1-11-8-12(10-17)9-15-13(11)16-6-4-14(2,3)5-7-16/h8-9,17H,4-7,10H2,1-3H3. The molecule has 0 radical (unpaired) electrons. The summed E-state index contributed by atoms with van der Waals surface area (Å²) in [6.45, 7) is 8.97. The maximum absolute atomic E-state index is 9.08. The summed E-state index contributed by atoms with van der Waals surface area (Å²) < 4.78 is 0. The predicted molar refractivity (Wildman–Crippen MR) is 70.1 cm³/mol. The minimum Gasteiger partial charge on any atom is -0.392 e. The Balaban J connectivity index is 2.13. The van der Waals surface area contributed by atoms with Crippen LogP contribution < -0.4 is 4.90 Å². The van der Waals surface area contributed by atoms with Crippen LogP contribution >= 0.6 is 0 Å². The number of nitrogens with zero attached hydrogens (tertiary/aromatic N) is 2. The van der Waals surface area contributed by atoms with Gasteiger partial charge in [-0.15, -0.1) is 0 Å². The fourth-order valence-corrected chi connectivity index (χ4v) is 2.37. The van der Waals surface area contributed by atoms with Crippen LogP contribution in [0, 0.1) is 12.3 Å². The number of piperidine rings is 1. The lowest BCUT2D eigenvalue weighted by atomic mass is 9.82. The van der Waals surface area contributed by atoms with E-state index >= 15 is 0 Å². The van der Waals surface area contributed by atoms with E-state index in [2.05, 4.69) is 30.7 Å². The Morgan fingerprint density at radius 2 is 2.00 bits per heavy atom. The second-order valence-electron chi connectivity index (χ2n) is 5.79. The van der Waals surface area contributed by atoms with Crippen molar-refractivity contribution in [3.63, 3.8) is 0 Å². The van der Waals surface area contributed by atoms with Crippen LogP contribution in [0.5, 0.6) is 0 Å².